The molecule has 0 amide bonds. The van der Waals surface area contributed by atoms with Gasteiger partial charge in [-0.1, -0.05) is 18.2 Å². The van der Waals surface area contributed by atoms with Crippen molar-refractivity contribution in [1.82, 2.24) is 9.78 Å². The number of anilines is 1. The number of hydrogen-bond acceptors (Lipinski definition) is 3. The topological polar surface area (TPSA) is 53.6 Å². The van der Waals surface area contributed by atoms with Gasteiger partial charge in [-0.3, -0.25) is 0 Å². The molecule has 1 heterocycles. The minimum atomic E-state index is -0.796. The van der Waals surface area contributed by atoms with Gasteiger partial charge in [0, 0.05) is 12.4 Å². The Morgan fingerprint density at radius 3 is 2.50 bits per heavy atom. The summed E-state index contributed by atoms with van der Waals surface area (Å²) in [6.07, 6.45) is 3.46. The molecule has 1 atom stereocenters. The highest BCUT2D eigenvalue weighted by molar-refractivity contribution is 5.53. The summed E-state index contributed by atoms with van der Waals surface area (Å²) in [6.45, 7) is 1.80. The van der Waals surface area contributed by atoms with Crippen LogP contribution < -0.4 is 5.32 Å². The van der Waals surface area contributed by atoms with Crippen LogP contribution in [0.3, 0.4) is 0 Å². The Hall–Kier alpha value is -3.20. The molecule has 0 aliphatic carbocycles. The number of rotatable bonds is 4. The Kier molecular flexibility index (Phi) is 4.25. The van der Waals surface area contributed by atoms with E-state index < -0.39 is 11.6 Å². The van der Waals surface area contributed by atoms with Crippen LogP contribution in [0.15, 0.2) is 54.9 Å². The average Bonchev–Trinajstić information content (AvgIpc) is 3.12. The monoisotopic (exact) mass is 324 g/mol. The zero-order chi connectivity index (χ0) is 17.1. The fourth-order valence-corrected chi connectivity index (χ4v) is 2.54. The molecule has 0 saturated carbocycles. The third-order valence-corrected chi connectivity index (χ3v) is 3.69. The van der Waals surface area contributed by atoms with Crippen LogP contribution in [0.2, 0.25) is 0 Å². The molecule has 3 aromatic rings. The molecular formula is C18H14F2N4. The molecule has 24 heavy (non-hydrogen) atoms. The van der Waals surface area contributed by atoms with Gasteiger partial charge in [-0.15, -0.1) is 0 Å². The van der Waals surface area contributed by atoms with Gasteiger partial charge >= 0.3 is 0 Å². The molecule has 0 aliphatic heterocycles. The largest absolute Gasteiger partial charge is 0.374 e. The minimum Gasteiger partial charge on any atom is -0.374 e. The molecule has 0 fully saturated rings. The molecule has 1 N–H and O–H groups in total. The van der Waals surface area contributed by atoms with E-state index in [-0.39, 0.29) is 17.3 Å². The van der Waals surface area contributed by atoms with Crippen molar-refractivity contribution in [3.63, 3.8) is 0 Å². The summed E-state index contributed by atoms with van der Waals surface area (Å²) in [5.41, 5.74) is 1.35. The maximum Gasteiger partial charge on any atom is 0.150 e. The molecule has 1 aromatic heterocycles. The smallest absolute Gasteiger partial charge is 0.150 e. The summed E-state index contributed by atoms with van der Waals surface area (Å²) in [4.78, 5) is 0. The lowest BCUT2D eigenvalue weighted by molar-refractivity contribution is 0.583. The summed E-state index contributed by atoms with van der Waals surface area (Å²) < 4.78 is 29.8. The summed E-state index contributed by atoms with van der Waals surface area (Å²) in [6, 6.07) is 12.7. The molecule has 0 bridgehead atoms. The number of hydrogen-bond donors (Lipinski definition) is 1. The highest BCUT2D eigenvalue weighted by Gasteiger charge is 2.17. The van der Waals surface area contributed by atoms with E-state index in [1.54, 1.807) is 36.1 Å². The SMILES string of the molecule is CC(Nc1c(F)cc(C#N)cc1F)c1ccccc1-n1cccn1. The maximum absolute atomic E-state index is 14.1. The van der Waals surface area contributed by atoms with Gasteiger partial charge in [-0.25, -0.2) is 13.5 Å². The van der Waals surface area contributed by atoms with E-state index in [4.69, 9.17) is 5.26 Å². The normalized spacial score (nSPS) is 11.8. The zero-order valence-electron chi connectivity index (χ0n) is 12.9. The quantitative estimate of drug-likeness (QED) is 0.783. The zero-order valence-corrected chi connectivity index (χ0v) is 12.9. The molecule has 120 valence electrons. The summed E-state index contributed by atoms with van der Waals surface area (Å²) in [5.74, 6) is -1.59. The molecule has 1 unspecified atom stereocenters. The van der Waals surface area contributed by atoms with Crippen molar-refractivity contribution in [3.8, 4) is 11.8 Å². The fourth-order valence-electron chi connectivity index (χ4n) is 2.54. The van der Waals surface area contributed by atoms with E-state index in [0.717, 1.165) is 23.4 Å². The van der Waals surface area contributed by atoms with Crippen molar-refractivity contribution in [2.45, 2.75) is 13.0 Å². The molecule has 2 aromatic carbocycles. The van der Waals surface area contributed by atoms with Gasteiger partial charge in [-0.05, 0) is 36.8 Å². The van der Waals surface area contributed by atoms with Crippen molar-refractivity contribution in [2.75, 3.05) is 5.32 Å². The molecule has 6 heteroatoms. The van der Waals surface area contributed by atoms with Crippen molar-refractivity contribution >= 4 is 5.69 Å². The first-order chi connectivity index (χ1) is 11.6. The number of halogens is 2. The highest BCUT2D eigenvalue weighted by atomic mass is 19.1. The van der Waals surface area contributed by atoms with Crippen LogP contribution in [0.4, 0.5) is 14.5 Å². The van der Waals surface area contributed by atoms with Gasteiger partial charge in [-0.2, -0.15) is 10.4 Å². The van der Waals surface area contributed by atoms with Crippen molar-refractivity contribution in [1.29, 1.82) is 5.26 Å². The first-order valence-corrected chi connectivity index (χ1v) is 7.34. The third kappa shape index (κ3) is 2.97. The average molecular weight is 324 g/mol. The van der Waals surface area contributed by atoms with Crippen LogP contribution in [0.25, 0.3) is 5.69 Å². The van der Waals surface area contributed by atoms with Crippen LogP contribution in [0, 0.1) is 23.0 Å². The molecule has 4 nitrogen and oxygen atoms in total. The Morgan fingerprint density at radius 2 is 1.88 bits per heavy atom. The summed E-state index contributed by atoms with van der Waals surface area (Å²) in [7, 11) is 0. The van der Waals surface area contributed by atoms with Crippen LogP contribution in [0.5, 0.6) is 0 Å². The second-order valence-corrected chi connectivity index (χ2v) is 5.30. The molecule has 0 saturated heterocycles. The predicted molar refractivity (Wildman–Crippen MR) is 86.7 cm³/mol. The van der Waals surface area contributed by atoms with E-state index in [9.17, 15) is 8.78 Å². The Morgan fingerprint density at radius 1 is 1.17 bits per heavy atom. The first-order valence-electron chi connectivity index (χ1n) is 7.34. The number of nitrogens with zero attached hydrogens (tertiary/aromatic N) is 3. The van der Waals surface area contributed by atoms with Crippen LogP contribution in [-0.2, 0) is 0 Å². The van der Waals surface area contributed by atoms with E-state index in [0.29, 0.717) is 0 Å². The van der Waals surface area contributed by atoms with Gasteiger partial charge in [0.1, 0.15) is 5.69 Å². The van der Waals surface area contributed by atoms with Crippen LogP contribution >= 0.6 is 0 Å². The lowest BCUT2D eigenvalue weighted by Gasteiger charge is -2.20. The predicted octanol–water partition coefficient (Wildman–Crippen LogP) is 4.20. The van der Waals surface area contributed by atoms with E-state index >= 15 is 0 Å². The summed E-state index contributed by atoms with van der Waals surface area (Å²) >= 11 is 0. The van der Waals surface area contributed by atoms with Crippen LogP contribution in [-0.4, -0.2) is 9.78 Å². The third-order valence-electron chi connectivity index (χ3n) is 3.69. The fraction of sp³-hybridized carbons (Fsp3) is 0.111. The van der Waals surface area contributed by atoms with Gasteiger partial charge in [0.05, 0.1) is 23.4 Å². The van der Waals surface area contributed by atoms with Crippen molar-refractivity contribution in [3.05, 3.63) is 77.6 Å². The molecular weight excluding hydrogens is 310 g/mol. The second-order valence-electron chi connectivity index (χ2n) is 5.30. The number of nitriles is 1. The highest BCUT2D eigenvalue weighted by Crippen LogP contribution is 2.28. The van der Waals surface area contributed by atoms with Gasteiger partial charge in [0.15, 0.2) is 11.6 Å². The number of aromatic nitrogens is 2. The lowest BCUT2D eigenvalue weighted by atomic mass is 10.1. The van der Waals surface area contributed by atoms with E-state index in [1.165, 1.54) is 0 Å². The molecule has 0 radical (unpaired) electrons. The number of para-hydroxylation sites is 1. The molecule has 3 rings (SSSR count). The van der Waals surface area contributed by atoms with Crippen molar-refractivity contribution < 1.29 is 8.78 Å². The van der Waals surface area contributed by atoms with Gasteiger partial charge < -0.3 is 5.32 Å². The van der Waals surface area contributed by atoms with Crippen molar-refractivity contribution in [2.24, 2.45) is 0 Å². The molecule has 0 spiro atoms. The Balaban J connectivity index is 1.95. The Labute approximate surface area is 138 Å². The summed E-state index contributed by atoms with van der Waals surface area (Å²) in [5, 5.41) is 15.8. The standard InChI is InChI=1S/C18H14F2N4/c1-12(23-18-15(19)9-13(11-21)10-16(18)20)14-5-2-3-6-17(14)24-8-4-7-22-24/h2-10,12,23H,1H3. The van der Waals surface area contributed by atoms with E-state index in [1.807, 2.05) is 24.3 Å². The number of nitrogens with one attached hydrogen (secondary N) is 1. The molecule has 0 aliphatic rings. The minimum absolute atomic E-state index is 0.0554. The van der Waals surface area contributed by atoms with Crippen LogP contribution in [0.1, 0.15) is 24.1 Å². The van der Waals surface area contributed by atoms with Gasteiger partial charge in [0.2, 0.25) is 0 Å². The lowest BCUT2D eigenvalue weighted by Crippen LogP contribution is -2.13. The number of benzene rings is 2. The second kappa shape index (κ2) is 6.50. The Bertz CT molecular complexity index is 875. The van der Waals surface area contributed by atoms with Gasteiger partial charge in [0.25, 0.3) is 0 Å². The maximum atomic E-state index is 14.1. The first kappa shape index (κ1) is 15.7. The van der Waals surface area contributed by atoms with E-state index in [2.05, 4.69) is 10.4 Å².